The van der Waals surface area contributed by atoms with Crippen LogP contribution in [0.4, 0.5) is 4.39 Å². The van der Waals surface area contributed by atoms with E-state index in [0.717, 1.165) is 36.6 Å². The van der Waals surface area contributed by atoms with Crippen molar-refractivity contribution in [1.29, 1.82) is 0 Å². The van der Waals surface area contributed by atoms with E-state index in [2.05, 4.69) is 5.32 Å². The van der Waals surface area contributed by atoms with Crippen molar-refractivity contribution in [2.75, 3.05) is 26.8 Å². The summed E-state index contributed by atoms with van der Waals surface area (Å²) in [5, 5.41) is 14.2. The first-order valence-electron chi connectivity index (χ1n) is 13.0. The van der Waals surface area contributed by atoms with Crippen LogP contribution in [0.2, 0.25) is 5.02 Å². The van der Waals surface area contributed by atoms with Gasteiger partial charge in [0.25, 0.3) is 0 Å². The summed E-state index contributed by atoms with van der Waals surface area (Å²) in [6, 6.07) is 11.9. The summed E-state index contributed by atoms with van der Waals surface area (Å²) in [4.78, 5) is 13.4. The van der Waals surface area contributed by atoms with E-state index in [1.165, 1.54) is 4.31 Å². The standard InChI is InChI=1S/C28H38ClFN2O5S/c1-20(2)17-32(38(35,36)22-11-12-24(30)23(29)16-22)18-26(33)25(15-21-9-5-4-6-10-21)31-27(34)28(19-37-3)13-7-8-14-28/h4-6,9-12,16,20,25-26,33H,7-8,13-15,17-19H2,1-3H3,(H,31,34). The topological polar surface area (TPSA) is 95.9 Å². The fourth-order valence-corrected chi connectivity index (χ4v) is 6.93. The number of hydrogen-bond donors (Lipinski definition) is 2. The van der Waals surface area contributed by atoms with Crippen LogP contribution in [0.15, 0.2) is 53.4 Å². The highest BCUT2D eigenvalue weighted by Crippen LogP contribution is 2.38. The molecule has 1 fully saturated rings. The monoisotopic (exact) mass is 568 g/mol. The second-order valence-electron chi connectivity index (χ2n) is 10.5. The molecule has 2 unspecified atom stereocenters. The highest BCUT2D eigenvalue weighted by Gasteiger charge is 2.43. The second-order valence-corrected chi connectivity index (χ2v) is 12.9. The zero-order valence-corrected chi connectivity index (χ0v) is 23.8. The van der Waals surface area contributed by atoms with Crippen molar-refractivity contribution in [2.24, 2.45) is 11.3 Å². The largest absolute Gasteiger partial charge is 0.390 e. The Balaban J connectivity index is 1.90. The molecule has 1 aliphatic carbocycles. The second kappa shape index (κ2) is 13.3. The molecule has 0 heterocycles. The summed E-state index contributed by atoms with van der Waals surface area (Å²) < 4.78 is 47.4. The lowest BCUT2D eigenvalue weighted by molar-refractivity contribution is -0.135. The third-order valence-corrected chi connectivity index (χ3v) is 9.15. The van der Waals surface area contributed by atoms with Gasteiger partial charge in [0.15, 0.2) is 0 Å². The fourth-order valence-electron chi connectivity index (χ4n) is 5.04. The van der Waals surface area contributed by atoms with E-state index in [1.807, 2.05) is 44.2 Å². The van der Waals surface area contributed by atoms with Crippen LogP contribution >= 0.6 is 11.6 Å². The van der Waals surface area contributed by atoms with E-state index in [0.29, 0.717) is 19.3 Å². The Labute approximate surface area is 230 Å². The molecule has 1 aliphatic rings. The van der Waals surface area contributed by atoms with Crippen LogP contribution in [0.25, 0.3) is 0 Å². The van der Waals surface area contributed by atoms with E-state index in [4.69, 9.17) is 16.3 Å². The molecule has 1 saturated carbocycles. The molecule has 2 N–H and O–H groups in total. The van der Waals surface area contributed by atoms with Crippen LogP contribution in [0, 0.1) is 17.2 Å². The van der Waals surface area contributed by atoms with Crippen molar-refractivity contribution in [1.82, 2.24) is 9.62 Å². The predicted molar refractivity (Wildman–Crippen MR) is 146 cm³/mol. The third-order valence-electron chi connectivity index (χ3n) is 7.03. The average Bonchev–Trinajstić information content (AvgIpc) is 3.35. The van der Waals surface area contributed by atoms with Crippen molar-refractivity contribution in [3.05, 3.63) is 64.9 Å². The molecule has 0 aromatic heterocycles. The number of sulfonamides is 1. The predicted octanol–water partition coefficient (Wildman–Crippen LogP) is 4.42. The van der Waals surface area contributed by atoms with Crippen molar-refractivity contribution >= 4 is 27.5 Å². The van der Waals surface area contributed by atoms with Crippen molar-refractivity contribution in [3.63, 3.8) is 0 Å². The van der Waals surface area contributed by atoms with Gasteiger partial charge < -0.3 is 15.2 Å². The number of carbonyl (C=O) groups is 1. The SMILES string of the molecule is COCC1(C(=O)NC(Cc2ccccc2)C(O)CN(CC(C)C)S(=O)(=O)c2ccc(F)c(Cl)c2)CCCC1. The summed E-state index contributed by atoms with van der Waals surface area (Å²) >= 11 is 5.87. The zero-order valence-electron chi connectivity index (χ0n) is 22.2. The number of benzene rings is 2. The van der Waals surface area contributed by atoms with Crippen LogP contribution in [0.5, 0.6) is 0 Å². The highest BCUT2D eigenvalue weighted by molar-refractivity contribution is 7.89. The smallest absolute Gasteiger partial charge is 0.243 e. The third kappa shape index (κ3) is 7.54. The molecule has 10 heteroatoms. The molecule has 38 heavy (non-hydrogen) atoms. The van der Waals surface area contributed by atoms with Gasteiger partial charge >= 0.3 is 0 Å². The van der Waals surface area contributed by atoms with E-state index in [1.54, 1.807) is 7.11 Å². The first kappa shape index (κ1) is 30.5. The van der Waals surface area contributed by atoms with Gasteiger partial charge in [-0.15, -0.1) is 0 Å². The maximum Gasteiger partial charge on any atom is 0.243 e. The molecule has 2 atom stereocenters. The van der Waals surface area contributed by atoms with Gasteiger partial charge in [-0.3, -0.25) is 4.79 Å². The Bertz CT molecular complexity index is 1170. The fraction of sp³-hybridized carbons (Fsp3) is 0.536. The number of nitrogens with zero attached hydrogens (tertiary/aromatic N) is 1. The number of aliphatic hydroxyl groups excluding tert-OH is 1. The number of amides is 1. The van der Waals surface area contributed by atoms with Gasteiger partial charge in [-0.2, -0.15) is 4.31 Å². The van der Waals surface area contributed by atoms with E-state index in [9.17, 15) is 22.7 Å². The van der Waals surface area contributed by atoms with Gasteiger partial charge in [0.05, 0.1) is 34.1 Å². The van der Waals surface area contributed by atoms with E-state index in [-0.39, 0.29) is 41.4 Å². The van der Waals surface area contributed by atoms with Crippen molar-refractivity contribution in [2.45, 2.75) is 63.0 Å². The first-order chi connectivity index (χ1) is 18.0. The average molecular weight is 569 g/mol. The number of hydrogen-bond acceptors (Lipinski definition) is 5. The molecule has 0 saturated heterocycles. The minimum atomic E-state index is -4.11. The van der Waals surface area contributed by atoms with Crippen LogP contribution < -0.4 is 5.32 Å². The van der Waals surface area contributed by atoms with E-state index >= 15 is 0 Å². The molecular formula is C28H38ClFN2O5S. The molecule has 0 spiro atoms. The zero-order chi connectivity index (χ0) is 27.9. The van der Waals surface area contributed by atoms with Gasteiger partial charge in [-0.1, -0.05) is 68.6 Å². The first-order valence-corrected chi connectivity index (χ1v) is 14.8. The maximum absolute atomic E-state index is 13.7. The van der Waals surface area contributed by atoms with Crippen LogP contribution in [-0.2, 0) is 26.0 Å². The van der Waals surface area contributed by atoms with Gasteiger partial charge in [0, 0.05) is 20.2 Å². The number of methoxy groups -OCH3 is 1. The minimum absolute atomic E-state index is 0.0569. The van der Waals surface area contributed by atoms with Gasteiger partial charge in [-0.05, 0) is 48.9 Å². The van der Waals surface area contributed by atoms with Gasteiger partial charge in [-0.25, -0.2) is 12.8 Å². The molecule has 2 aromatic carbocycles. The Kier molecular flexibility index (Phi) is 10.7. The Morgan fingerprint density at radius 2 is 1.82 bits per heavy atom. The summed E-state index contributed by atoms with van der Waals surface area (Å²) in [5.41, 5.74) is 0.227. The maximum atomic E-state index is 13.7. The minimum Gasteiger partial charge on any atom is -0.390 e. The number of carbonyl (C=O) groups excluding carboxylic acids is 1. The molecule has 0 aliphatic heterocycles. The van der Waals surface area contributed by atoms with E-state index < -0.39 is 33.4 Å². The molecule has 210 valence electrons. The van der Waals surface area contributed by atoms with Gasteiger partial charge in [0.1, 0.15) is 5.82 Å². The number of nitrogens with one attached hydrogen (secondary N) is 1. The lowest BCUT2D eigenvalue weighted by atomic mass is 9.85. The van der Waals surface area contributed by atoms with Crippen molar-refractivity contribution in [3.8, 4) is 0 Å². The molecule has 0 radical (unpaired) electrons. The highest BCUT2D eigenvalue weighted by atomic mass is 35.5. The molecule has 1 amide bonds. The molecule has 0 bridgehead atoms. The number of ether oxygens (including phenoxy) is 1. The summed E-state index contributed by atoms with van der Waals surface area (Å²) in [5.74, 6) is -0.970. The number of halogens is 2. The van der Waals surface area contributed by atoms with Crippen LogP contribution in [-0.4, -0.2) is 62.7 Å². The van der Waals surface area contributed by atoms with Crippen LogP contribution in [0.1, 0.15) is 45.1 Å². The number of rotatable bonds is 13. The Morgan fingerprint density at radius 3 is 2.39 bits per heavy atom. The lowest BCUT2D eigenvalue weighted by Crippen LogP contribution is -2.54. The molecular weight excluding hydrogens is 531 g/mol. The summed E-state index contributed by atoms with van der Waals surface area (Å²) in [7, 11) is -2.54. The molecule has 7 nitrogen and oxygen atoms in total. The molecule has 3 rings (SSSR count). The Hall–Kier alpha value is -2.04. The van der Waals surface area contributed by atoms with Crippen LogP contribution in [0.3, 0.4) is 0 Å². The summed E-state index contributed by atoms with van der Waals surface area (Å²) in [6.07, 6.45) is 2.33. The summed E-state index contributed by atoms with van der Waals surface area (Å²) in [6.45, 7) is 3.87. The number of aliphatic hydroxyl groups is 1. The van der Waals surface area contributed by atoms with Crippen molar-refractivity contribution < 1.29 is 27.4 Å². The normalized spacial score (nSPS) is 17.1. The van der Waals surface area contributed by atoms with Gasteiger partial charge in [0.2, 0.25) is 15.9 Å². The Morgan fingerprint density at radius 1 is 1.16 bits per heavy atom. The lowest BCUT2D eigenvalue weighted by Gasteiger charge is -2.34. The molecule has 2 aromatic rings. The quantitative estimate of drug-likeness (QED) is 0.373.